The second kappa shape index (κ2) is 9.87. The highest BCUT2D eigenvalue weighted by molar-refractivity contribution is 5.80. The van der Waals surface area contributed by atoms with Gasteiger partial charge in [0.25, 0.3) is 0 Å². The smallest absolute Gasteiger partial charge is 0.307 e. The van der Waals surface area contributed by atoms with E-state index in [0.29, 0.717) is 0 Å². The summed E-state index contributed by atoms with van der Waals surface area (Å²) in [5.74, 6) is 1.04. The van der Waals surface area contributed by atoms with E-state index >= 15 is 0 Å². The molecule has 1 heterocycles. The predicted molar refractivity (Wildman–Crippen MR) is 126 cm³/mol. The molecule has 6 heteroatoms. The van der Waals surface area contributed by atoms with Crippen molar-refractivity contribution in [3.63, 3.8) is 0 Å². The number of hydrogen-bond acceptors (Lipinski definition) is 4. The van der Waals surface area contributed by atoms with Crippen LogP contribution in [0.4, 0.5) is 11.4 Å². The van der Waals surface area contributed by atoms with Gasteiger partial charge in [0.05, 0.1) is 18.9 Å². The SMILES string of the molecule is CCCc1n(/N=C\c2ccc(N(C)C)cc2)cc[n+]1/N=C\c1ccc(N(C)C)cc1. The van der Waals surface area contributed by atoms with Crippen molar-refractivity contribution < 1.29 is 4.68 Å². The minimum Gasteiger partial charge on any atom is -0.378 e. The van der Waals surface area contributed by atoms with Crippen molar-refractivity contribution in [1.82, 2.24) is 4.68 Å². The molecule has 2 aromatic carbocycles. The Morgan fingerprint density at radius 1 is 0.833 bits per heavy atom. The number of rotatable bonds is 8. The number of aromatic nitrogens is 2. The van der Waals surface area contributed by atoms with Crippen LogP contribution in [-0.2, 0) is 6.42 Å². The van der Waals surface area contributed by atoms with Crippen molar-refractivity contribution >= 4 is 23.8 Å². The van der Waals surface area contributed by atoms with E-state index in [1.807, 2.05) is 62.4 Å². The highest BCUT2D eigenvalue weighted by atomic mass is 15.5. The first kappa shape index (κ1) is 21.3. The van der Waals surface area contributed by atoms with Gasteiger partial charge in [0.15, 0.2) is 12.4 Å². The van der Waals surface area contributed by atoms with Crippen LogP contribution in [0.3, 0.4) is 0 Å². The maximum absolute atomic E-state index is 4.65. The van der Waals surface area contributed by atoms with Gasteiger partial charge in [-0.05, 0) is 41.8 Å². The first-order valence-corrected chi connectivity index (χ1v) is 10.2. The summed E-state index contributed by atoms with van der Waals surface area (Å²) in [6, 6.07) is 16.7. The lowest BCUT2D eigenvalue weighted by atomic mass is 10.2. The quantitative estimate of drug-likeness (QED) is 0.426. The van der Waals surface area contributed by atoms with Crippen LogP contribution >= 0.6 is 0 Å². The second-order valence-electron chi connectivity index (χ2n) is 7.61. The maximum atomic E-state index is 4.65. The number of anilines is 2. The van der Waals surface area contributed by atoms with Crippen molar-refractivity contribution in [2.45, 2.75) is 19.8 Å². The molecule has 0 spiro atoms. The fourth-order valence-corrected chi connectivity index (χ4v) is 3.04. The zero-order chi connectivity index (χ0) is 21.5. The van der Waals surface area contributed by atoms with Gasteiger partial charge in [-0.25, -0.2) is 0 Å². The largest absolute Gasteiger partial charge is 0.378 e. The third kappa shape index (κ3) is 5.35. The number of imidazole rings is 1. The number of hydrogen-bond donors (Lipinski definition) is 0. The van der Waals surface area contributed by atoms with Crippen molar-refractivity contribution in [2.24, 2.45) is 10.2 Å². The average molecular weight is 404 g/mol. The molecule has 0 unspecified atom stereocenters. The summed E-state index contributed by atoms with van der Waals surface area (Å²) < 4.78 is 3.80. The molecule has 0 aliphatic rings. The Kier molecular flexibility index (Phi) is 7.01. The summed E-state index contributed by atoms with van der Waals surface area (Å²) in [4.78, 5) is 4.17. The number of nitrogens with zero attached hydrogens (tertiary/aromatic N) is 6. The normalized spacial score (nSPS) is 11.5. The number of benzene rings is 2. The Hall–Kier alpha value is -3.41. The van der Waals surface area contributed by atoms with Crippen LogP contribution in [0, 0.1) is 0 Å². The molecule has 0 aliphatic heterocycles. The molecule has 3 rings (SSSR count). The van der Waals surface area contributed by atoms with E-state index in [0.717, 1.165) is 29.8 Å². The molecule has 0 atom stereocenters. The van der Waals surface area contributed by atoms with Crippen LogP contribution in [0.2, 0.25) is 0 Å². The zero-order valence-corrected chi connectivity index (χ0v) is 18.5. The molecule has 0 saturated carbocycles. The molecule has 3 aromatic rings. The molecule has 0 radical (unpaired) electrons. The van der Waals surface area contributed by atoms with Gasteiger partial charge >= 0.3 is 5.82 Å². The summed E-state index contributed by atoms with van der Waals surface area (Å²) in [7, 11) is 8.15. The van der Waals surface area contributed by atoms with Crippen LogP contribution < -0.4 is 14.5 Å². The Labute approximate surface area is 179 Å². The topological polar surface area (TPSA) is 40.0 Å². The molecule has 6 nitrogen and oxygen atoms in total. The molecular weight excluding hydrogens is 372 g/mol. The summed E-state index contributed by atoms with van der Waals surface area (Å²) >= 11 is 0. The van der Waals surface area contributed by atoms with Crippen molar-refractivity contribution in [1.29, 1.82) is 0 Å². The molecule has 0 bridgehead atoms. The van der Waals surface area contributed by atoms with Crippen molar-refractivity contribution in [2.75, 3.05) is 38.0 Å². The van der Waals surface area contributed by atoms with Gasteiger partial charge in [-0.3, -0.25) is 0 Å². The van der Waals surface area contributed by atoms with Gasteiger partial charge in [0.1, 0.15) is 0 Å². The molecule has 1 aromatic heterocycles. The van der Waals surface area contributed by atoms with E-state index in [1.165, 1.54) is 11.4 Å². The van der Waals surface area contributed by atoms with E-state index < -0.39 is 0 Å². The molecule has 156 valence electrons. The van der Waals surface area contributed by atoms with E-state index in [2.05, 4.69) is 75.5 Å². The highest BCUT2D eigenvalue weighted by Gasteiger charge is 2.15. The monoisotopic (exact) mass is 403 g/mol. The van der Waals surface area contributed by atoms with Crippen LogP contribution in [0.5, 0.6) is 0 Å². The van der Waals surface area contributed by atoms with Crippen LogP contribution in [0.25, 0.3) is 0 Å². The molecule has 0 saturated heterocycles. The van der Waals surface area contributed by atoms with Gasteiger partial charge in [0, 0.05) is 39.6 Å². The standard InChI is InChI=1S/C24H31N6/c1-6-7-24-29(25-18-20-8-12-22(13-9-20)27(2)3)16-17-30(24)26-19-21-10-14-23(15-11-21)28(4)5/h8-19H,6-7H2,1-5H3/q+1/b25-18-,26-19-. The lowest BCUT2D eigenvalue weighted by molar-refractivity contribution is -0.685. The summed E-state index contributed by atoms with van der Waals surface area (Å²) in [5.41, 5.74) is 4.47. The van der Waals surface area contributed by atoms with Gasteiger partial charge in [-0.1, -0.05) is 41.4 Å². The molecule has 30 heavy (non-hydrogen) atoms. The maximum Gasteiger partial charge on any atom is 0.307 e. The molecule has 0 amide bonds. The fourth-order valence-electron chi connectivity index (χ4n) is 3.04. The minimum absolute atomic E-state index is 0.890. The van der Waals surface area contributed by atoms with Crippen molar-refractivity contribution in [3.05, 3.63) is 77.9 Å². The zero-order valence-electron chi connectivity index (χ0n) is 18.5. The Morgan fingerprint density at radius 2 is 1.37 bits per heavy atom. The molecule has 0 aliphatic carbocycles. The third-order valence-corrected chi connectivity index (χ3v) is 4.83. The highest BCUT2D eigenvalue weighted by Crippen LogP contribution is 2.12. The second-order valence-corrected chi connectivity index (χ2v) is 7.61. The Morgan fingerprint density at radius 3 is 1.87 bits per heavy atom. The van der Waals surface area contributed by atoms with Gasteiger partial charge in [-0.2, -0.15) is 0 Å². The predicted octanol–water partition coefficient (Wildman–Crippen LogP) is 3.62. The van der Waals surface area contributed by atoms with E-state index in [9.17, 15) is 0 Å². The first-order valence-electron chi connectivity index (χ1n) is 10.2. The third-order valence-electron chi connectivity index (χ3n) is 4.83. The molecule has 0 N–H and O–H groups in total. The van der Waals surface area contributed by atoms with Gasteiger partial charge in [0.2, 0.25) is 0 Å². The van der Waals surface area contributed by atoms with Crippen LogP contribution in [-0.4, -0.2) is 45.3 Å². The van der Waals surface area contributed by atoms with Gasteiger partial charge < -0.3 is 9.80 Å². The summed E-state index contributed by atoms with van der Waals surface area (Å²) in [6.45, 7) is 2.16. The Bertz CT molecular complexity index is 916. The van der Waals surface area contributed by atoms with E-state index in [4.69, 9.17) is 0 Å². The Balaban J connectivity index is 1.78. The van der Waals surface area contributed by atoms with E-state index in [1.54, 1.807) is 0 Å². The molecule has 0 fully saturated rings. The summed E-state index contributed by atoms with van der Waals surface area (Å²) in [6.07, 6.45) is 9.56. The van der Waals surface area contributed by atoms with Crippen molar-refractivity contribution in [3.8, 4) is 0 Å². The lowest BCUT2D eigenvalue weighted by Crippen LogP contribution is -2.31. The van der Waals surface area contributed by atoms with E-state index in [-0.39, 0.29) is 0 Å². The van der Waals surface area contributed by atoms with Crippen LogP contribution in [0.1, 0.15) is 30.3 Å². The molecular formula is C24H31N6+. The van der Waals surface area contributed by atoms with Crippen LogP contribution in [0.15, 0.2) is 71.1 Å². The first-order chi connectivity index (χ1) is 14.5. The fraction of sp³-hybridized carbons (Fsp3) is 0.292. The lowest BCUT2D eigenvalue weighted by Gasteiger charge is -2.11. The summed E-state index contributed by atoms with van der Waals surface area (Å²) in [5, 5.41) is 9.31. The average Bonchev–Trinajstić information content (AvgIpc) is 3.13. The van der Waals surface area contributed by atoms with Gasteiger partial charge in [-0.15, -0.1) is 9.35 Å². The minimum atomic E-state index is 0.890.